The van der Waals surface area contributed by atoms with E-state index in [1.54, 1.807) is 23.9 Å². The molecule has 0 heterocycles. The predicted octanol–water partition coefficient (Wildman–Crippen LogP) is 4.88. The molecule has 98 valence electrons. The molecule has 19 heavy (non-hydrogen) atoms. The van der Waals surface area contributed by atoms with Crippen molar-refractivity contribution >= 4 is 29.1 Å². The van der Waals surface area contributed by atoms with Crippen LogP contribution in [0.3, 0.4) is 0 Å². The first kappa shape index (κ1) is 14.2. The third kappa shape index (κ3) is 4.12. The second-order valence-electron chi connectivity index (χ2n) is 4.28. The Hall–Kier alpha value is -1.25. The molecule has 0 saturated heterocycles. The summed E-state index contributed by atoms with van der Waals surface area (Å²) in [6.07, 6.45) is 3.33. The third-order valence-corrected chi connectivity index (χ3v) is 3.93. The molecule has 0 saturated carbocycles. The molecular weight excluding hydrogens is 276 g/mol. The summed E-state index contributed by atoms with van der Waals surface area (Å²) in [5.74, 6) is 0.136. The van der Waals surface area contributed by atoms with Crippen LogP contribution in [0.1, 0.15) is 22.3 Å². The first-order valence-corrected chi connectivity index (χ1v) is 7.71. The summed E-state index contributed by atoms with van der Waals surface area (Å²) >= 11 is 7.60. The van der Waals surface area contributed by atoms with Gasteiger partial charge >= 0.3 is 0 Å². The normalized spacial score (nSPS) is 10.4. The van der Waals surface area contributed by atoms with Gasteiger partial charge in [-0.15, -0.1) is 11.8 Å². The molecule has 0 amide bonds. The van der Waals surface area contributed by atoms with Gasteiger partial charge in [-0.3, -0.25) is 4.79 Å². The number of hydrogen-bond acceptors (Lipinski definition) is 2. The highest BCUT2D eigenvalue weighted by Crippen LogP contribution is 2.17. The largest absolute Gasteiger partial charge is 0.294 e. The SMILES string of the molecule is CSc1ccc(CCC(=O)c2cccc(Cl)c2)cc1. The Morgan fingerprint density at radius 3 is 2.53 bits per heavy atom. The smallest absolute Gasteiger partial charge is 0.163 e. The van der Waals surface area contributed by atoms with Crippen molar-refractivity contribution in [3.8, 4) is 0 Å². The summed E-state index contributed by atoms with van der Waals surface area (Å²) in [6, 6.07) is 15.5. The van der Waals surface area contributed by atoms with Crippen molar-refractivity contribution in [2.45, 2.75) is 17.7 Å². The molecule has 0 radical (unpaired) electrons. The van der Waals surface area contributed by atoms with Gasteiger partial charge in [0.05, 0.1) is 0 Å². The number of hydrogen-bond donors (Lipinski definition) is 0. The van der Waals surface area contributed by atoms with Crippen LogP contribution in [0.25, 0.3) is 0 Å². The Labute approximate surface area is 123 Å². The van der Waals surface area contributed by atoms with Crippen LogP contribution in [0.4, 0.5) is 0 Å². The quantitative estimate of drug-likeness (QED) is 0.577. The highest BCUT2D eigenvalue weighted by atomic mass is 35.5. The number of benzene rings is 2. The van der Waals surface area contributed by atoms with E-state index in [0.29, 0.717) is 17.0 Å². The van der Waals surface area contributed by atoms with Crippen molar-refractivity contribution in [3.05, 3.63) is 64.7 Å². The number of thioether (sulfide) groups is 1. The molecule has 0 fully saturated rings. The Balaban J connectivity index is 1.96. The lowest BCUT2D eigenvalue weighted by Gasteiger charge is -2.03. The molecule has 0 bridgehead atoms. The summed E-state index contributed by atoms with van der Waals surface area (Å²) in [5, 5.41) is 0.607. The van der Waals surface area contributed by atoms with Crippen LogP contribution in [0, 0.1) is 0 Å². The van der Waals surface area contributed by atoms with E-state index in [-0.39, 0.29) is 5.78 Å². The first-order valence-electron chi connectivity index (χ1n) is 6.11. The average molecular weight is 291 g/mol. The van der Waals surface area contributed by atoms with Gasteiger partial charge in [0, 0.05) is 21.9 Å². The number of ketones is 1. The van der Waals surface area contributed by atoms with Gasteiger partial charge in [-0.1, -0.05) is 35.9 Å². The minimum absolute atomic E-state index is 0.136. The van der Waals surface area contributed by atoms with Crippen molar-refractivity contribution in [1.29, 1.82) is 0 Å². The average Bonchev–Trinajstić information content (AvgIpc) is 2.45. The zero-order chi connectivity index (χ0) is 13.7. The molecule has 3 heteroatoms. The maximum atomic E-state index is 12.0. The van der Waals surface area contributed by atoms with Crippen LogP contribution in [0.5, 0.6) is 0 Å². The molecule has 0 N–H and O–H groups in total. The van der Waals surface area contributed by atoms with Gasteiger partial charge in [0.15, 0.2) is 5.78 Å². The third-order valence-electron chi connectivity index (χ3n) is 2.95. The topological polar surface area (TPSA) is 17.1 Å². The van der Waals surface area contributed by atoms with E-state index in [4.69, 9.17) is 11.6 Å². The molecule has 0 unspecified atom stereocenters. The number of rotatable bonds is 5. The number of Topliss-reactive ketones (excluding diaryl/α,β-unsaturated/α-hetero) is 1. The highest BCUT2D eigenvalue weighted by Gasteiger charge is 2.06. The molecule has 2 aromatic rings. The van der Waals surface area contributed by atoms with Crippen LogP contribution < -0.4 is 0 Å². The van der Waals surface area contributed by atoms with E-state index in [9.17, 15) is 4.79 Å². The molecular formula is C16H15ClOS. The van der Waals surface area contributed by atoms with Gasteiger partial charge in [0.25, 0.3) is 0 Å². The lowest BCUT2D eigenvalue weighted by atomic mass is 10.0. The molecule has 0 aliphatic carbocycles. The van der Waals surface area contributed by atoms with Gasteiger partial charge in [0.1, 0.15) is 0 Å². The number of aryl methyl sites for hydroxylation is 1. The molecule has 0 aliphatic rings. The van der Waals surface area contributed by atoms with E-state index in [1.165, 1.54) is 10.5 Å². The van der Waals surface area contributed by atoms with Crippen molar-refractivity contribution in [3.63, 3.8) is 0 Å². The van der Waals surface area contributed by atoms with Gasteiger partial charge in [-0.2, -0.15) is 0 Å². The fourth-order valence-corrected chi connectivity index (χ4v) is 2.45. The Kier molecular flexibility index (Phi) is 5.06. The molecule has 2 rings (SSSR count). The fourth-order valence-electron chi connectivity index (χ4n) is 1.86. The first-order chi connectivity index (χ1) is 9.19. The summed E-state index contributed by atoms with van der Waals surface area (Å²) in [5.41, 5.74) is 1.88. The van der Waals surface area contributed by atoms with Crippen LogP contribution in [0.15, 0.2) is 53.4 Å². The van der Waals surface area contributed by atoms with E-state index in [1.807, 2.05) is 12.1 Å². The second kappa shape index (κ2) is 6.78. The maximum Gasteiger partial charge on any atom is 0.163 e. The van der Waals surface area contributed by atoms with Crippen LogP contribution in [-0.2, 0) is 6.42 Å². The lowest BCUT2D eigenvalue weighted by Crippen LogP contribution is -2.01. The maximum absolute atomic E-state index is 12.0. The summed E-state index contributed by atoms with van der Waals surface area (Å²) in [6.45, 7) is 0. The van der Waals surface area contributed by atoms with E-state index in [0.717, 1.165) is 6.42 Å². The van der Waals surface area contributed by atoms with Crippen LogP contribution in [-0.4, -0.2) is 12.0 Å². The Morgan fingerprint density at radius 2 is 1.89 bits per heavy atom. The summed E-state index contributed by atoms with van der Waals surface area (Å²) in [7, 11) is 0. The second-order valence-corrected chi connectivity index (χ2v) is 5.60. The number of carbonyl (C=O) groups is 1. The van der Waals surface area contributed by atoms with Crippen molar-refractivity contribution < 1.29 is 4.79 Å². The fraction of sp³-hybridized carbons (Fsp3) is 0.188. The van der Waals surface area contributed by atoms with E-state index >= 15 is 0 Å². The van der Waals surface area contributed by atoms with Crippen molar-refractivity contribution in [2.75, 3.05) is 6.26 Å². The van der Waals surface area contributed by atoms with Crippen LogP contribution >= 0.6 is 23.4 Å². The molecule has 2 aromatic carbocycles. The molecule has 1 nitrogen and oxygen atoms in total. The molecule has 0 aliphatic heterocycles. The predicted molar refractivity (Wildman–Crippen MR) is 82.3 cm³/mol. The van der Waals surface area contributed by atoms with Crippen molar-refractivity contribution in [2.24, 2.45) is 0 Å². The highest BCUT2D eigenvalue weighted by molar-refractivity contribution is 7.98. The Morgan fingerprint density at radius 1 is 1.16 bits per heavy atom. The standard InChI is InChI=1S/C16H15ClOS/c1-19-15-8-5-12(6-9-15)7-10-16(18)13-3-2-4-14(17)11-13/h2-6,8-9,11H,7,10H2,1H3. The van der Waals surface area contributed by atoms with Gasteiger partial charge in [-0.25, -0.2) is 0 Å². The van der Waals surface area contributed by atoms with Gasteiger partial charge in [-0.05, 0) is 42.5 Å². The van der Waals surface area contributed by atoms with Gasteiger partial charge in [0.2, 0.25) is 0 Å². The minimum Gasteiger partial charge on any atom is -0.294 e. The van der Waals surface area contributed by atoms with Crippen LogP contribution in [0.2, 0.25) is 5.02 Å². The zero-order valence-electron chi connectivity index (χ0n) is 10.7. The molecule has 0 spiro atoms. The van der Waals surface area contributed by atoms with Crippen molar-refractivity contribution in [1.82, 2.24) is 0 Å². The number of carbonyl (C=O) groups excluding carboxylic acids is 1. The van der Waals surface area contributed by atoms with E-state index < -0.39 is 0 Å². The minimum atomic E-state index is 0.136. The molecule has 0 aromatic heterocycles. The molecule has 0 atom stereocenters. The summed E-state index contributed by atoms with van der Waals surface area (Å²) in [4.78, 5) is 13.3. The monoisotopic (exact) mass is 290 g/mol. The lowest BCUT2D eigenvalue weighted by molar-refractivity contribution is 0.0983. The van der Waals surface area contributed by atoms with Gasteiger partial charge < -0.3 is 0 Å². The van der Waals surface area contributed by atoms with E-state index in [2.05, 4.69) is 30.5 Å². The summed E-state index contributed by atoms with van der Waals surface area (Å²) < 4.78 is 0. The number of halogens is 1. The zero-order valence-corrected chi connectivity index (χ0v) is 12.3. The Bertz CT molecular complexity index is 563.